The van der Waals surface area contributed by atoms with Crippen molar-refractivity contribution in [2.24, 2.45) is 0 Å². The number of carbonyl (C=O) groups excluding carboxylic acids is 2. The number of rotatable bonds is 6. The number of amides is 1. The van der Waals surface area contributed by atoms with Gasteiger partial charge in [-0.3, -0.25) is 4.79 Å². The fourth-order valence-corrected chi connectivity index (χ4v) is 4.55. The summed E-state index contributed by atoms with van der Waals surface area (Å²) in [4.78, 5) is 24.7. The molecule has 0 aliphatic carbocycles. The Morgan fingerprint density at radius 1 is 1.13 bits per heavy atom. The molecule has 4 rings (SSSR count). The molecular weight excluding hydrogens is 506 g/mol. The minimum Gasteiger partial charge on any atom is -0.486 e. The van der Waals surface area contributed by atoms with Gasteiger partial charge < -0.3 is 19.2 Å². The number of esters is 1. The van der Waals surface area contributed by atoms with E-state index < -0.39 is 11.9 Å². The summed E-state index contributed by atoms with van der Waals surface area (Å²) in [7, 11) is 1.30. The number of methoxy groups -OCH3 is 1. The Balaban J connectivity index is 1.44. The maximum absolute atomic E-state index is 12.6. The number of thiophene rings is 1. The third-order valence-corrected chi connectivity index (χ3v) is 6.50. The van der Waals surface area contributed by atoms with Gasteiger partial charge in [-0.15, -0.1) is 11.3 Å². The number of anilines is 1. The SMILES string of the molecule is COC(=O)c1sc2cc(NC(=O)c3ccc(COc4ccc(Br)cc4)o3)ccc2c1Cl. The van der Waals surface area contributed by atoms with Crippen molar-refractivity contribution in [1.82, 2.24) is 0 Å². The van der Waals surface area contributed by atoms with Gasteiger partial charge in [-0.2, -0.15) is 0 Å². The molecule has 1 N–H and O–H groups in total. The van der Waals surface area contributed by atoms with Crippen LogP contribution in [-0.2, 0) is 11.3 Å². The van der Waals surface area contributed by atoms with E-state index in [1.807, 2.05) is 24.3 Å². The molecule has 2 heterocycles. The number of ether oxygens (including phenoxy) is 2. The van der Waals surface area contributed by atoms with Crippen molar-refractivity contribution < 1.29 is 23.5 Å². The molecule has 1 amide bonds. The van der Waals surface area contributed by atoms with E-state index in [0.29, 0.717) is 27.1 Å². The van der Waals surface area contributed by atoms with Gasteiger partial charge in [-0.1, -0.05) is 27.5 Å². The molecule has 4 aromatic rings. The summed E-state index contributed by atoms with van der Waals surface area (Å²) in [5.74, 6) is 0.487. The minimum absolute atomic E-state index is 0.161. The molecule has 0 saturated carbocycles. The fourth-order valence-electron chi connectivity index (χ4n) is 2.82. The normalized spacial score (nSPS) is 10.8. The molecule has 0 saturated heterocycles. The quantitative estimate of drug-likeness (QED) is 0.293. The minimum atomic E-state index is -0.495. The van der Waals surface area contributed by atoms with Crippen molar-refractivity contribution in [1.29, 1.82) is 0 Å². The topological polar surface area (TPSA) is 77.8 Å². The van der Waals surface area contributed by atoms with Crippen LogP contribution < -0.4 is 10.1 Å². The molecular formula is C22H15BrClNO5S. The third-order valence-electron chi connectivity index (χ3n) is 4.34. The Kier molecular flexibility index (Phi) is 6.31. The standard InChI is InChI=1S/C22H15BrClNO5S/c1-28-22(27)20-19(24)16-8-4-13(10-18(16)31-20)25-21(26)17-9-7-15(30-17)11-29-14-5-2-12(23)3-6-14/h2-10H,11H2,1H3,(H,25,26). The second-order valence-electron chi connectivity index (χ2n) is 6.41. The number of fused-ring (bicyclic) bond motifs is 1. The van der Waals surface area contributed by atoms with Crippen LogP contribution in [-0.4, -0.2) is 19.0 Å². The highest BCUT2D eigenvalue weighted by Gasteiger charge is 2.18. The van der Waals surface area contributed by atoms with Gasteiger partial charge in [0.25, 0.3) is 5.91 Å². The van der Waals surface area contributed by atoms with Gasteiger partial charge in [-0.05, 0) is 54.6 Å². The van der Waals surface area contributed by atoms with E-state index in [4.69, 9.17) is 25.5 Å². The van der Waals surface area contributed by atoms with Crippen LogP contribution in [0.25, 0.3) is 10.1 Å². The van der Waals surface area contributed by atoms with Crippen molar-refractivity contribution >= 4 is 66.5 Å². The van der Waals surface area contributed by atoms with E-state index in [1.165, 1.54) is 18.4 Å². The Bertz CT molecular complexity index is 1260. The predicted octanol–water partition coefficient (Wildman–Crippen LogP) is 6.53. The van der Waals surface area contributed by atoms with E-state index >= 15 is 0 Å². The van der Waals surface area contributed by atoms with Gasteiger partial charge in [0.05, 0.1) is 12.1 Å². The summed E-state index contributed by atoms with van der Waals surface area (Å²) in [5, 5.41) is 3.84. The first kappa shape index (κ1) is 21.4. The lowest BCUT2D eigenvalue weighted by molar-refractivity contribution is 0.0606. The zero-order valence-corrected chi connectivity index (χ0v) is 19.3. The van der Waals surface area contributed by atoms with Gasteiger partial charge in [0.2, 0.25) is 0 Å². The molecule has 0 spiro atoms. The number of nitrogens with one attached hydrogen (secondary N) is 1. The van der Waals surface area contributed by atoms with Crippen LogP contribution in [0.3, 0.4) is 0 Å². The van der Waals surface area contributed by atoms with E-state index in [2.05, 4.69) is 21.2 Å². The summed E-state index contributed by atoms with van der Waals surface area (Å²) in [6.45, 7) is 0.199. The van der Waals surface area contributed by atoms with Crippen molar-refractivity contribution in [3.05, 3.63) is 80.5 Å². The maximum atomic E-state index is 12.6. The van der Waals surface area contributed by atoms with Crippen LogP contribution in [0, 0.1) is 0 Å². The molecule has 0 radical (unpaired) electrons. The fraction of sp³-hybridized carbons (Fsp3) is 0.0909. The number of furan rings is 1. The molecule has 2 aromatic heterocycles. The van der Waals surface area contributed by atoms with Gasteiger partial charge in [0.15, 0.2) is 5.76 Å². The highest BCUT2D eigenvalue weighted by atomic mass is 79.9. The first-order valence-corrected chi connectivity index (χ1v) is 11.0. The van der Waals surface area contributed by atoms with E-state index in [0.717, 1.165) is 14.6 Å². The maximum Gasteiger partial charge on any atom is 0.349 e. The molecule has 9 heteroatoms. The lowest BCUT2D eigenvalue weighted by Crippen LogP contribution is -2.10. The molecule has 0 bridgehead atoms. The number of benzene rings is 2. The predicted molar refractivity (Wildman–Crippen MR) is 123 cm³/mol. The van der Waals surface area contributed by atoms with Crippen LogP contribution in [0.15, 0.2) is 63.5 Å². The molecule has 158 valence electrons. The van der Waals surface area contributed by atoms with Crippen molar-refractivity contribution in [2.75, 3.05) is 12.4 Å². The van der Waals surface area contributed by atoms with Crippen molar-refractivity contribution in [2.45, 2.75) is 6.61 Å². The van der Waals surface area contributed by atoms with Gasteiger partial charge in [0, 0.05) is 20.2 Å². The molecule has 0 aliphatic heterocycles. The Labute approximate surface area is 194 Å². The van der Waals surface area contributed by atoms with Crippen LogP contribution in [0.1, 0.15) is 26.0 Å². The number of hydrogen-bond acceptors (Lipinski definition) is 6. The lowest BCUT2D eigenvalue weighted by atomic mass is 10.2. The monoisotopic (exact) mass is 519 g/mol. The van der Waals surface area contributed by atoms with E-state index in [1.54, 1.807) is 30.3 Å². The average molecular weight is 521 g/mol. The Hall–Kier alpha value is -2.81. The second kappa shape index (κ2) is 9.13. The van der Waals surface area contributed by atoms with Gasteiger partial charge in [-0.25, -0.2) is 4.79 Å². The molecule has 2 aromatic carbocycles. The zero-order chi connectivity index (χ0) is 22.0. The second-order valence-corrected chi connectivity index (χ2v) is 8.76. The summed E-state index contributed by atoms with van der Waals surface area (Å²) >= 11 is 10.8. The van der Waals surface area contributed by atoms with Crippen LogP contribution in [0.5, 0.6) is 5.75 Å². The smallest absolute Gasteiger partial charge is 0.349 e. The molecule has 6 nitrogen and oxygen atoms in total. The summed E-state index contributed by atoms with van der Waals surface area (Å²) < 4.78 is 17.7. The van der Waals surface area contributed by atoms with Crippen LogP contribution in [0.4, 0.5) is 5.69 Å². The Morgan fingerprint density at radius 3 is 2.65 bits per heavy atom. The molecule has 0 unspecified atom stereocenters. The largest absolute Gasteiger partial charge is 0.486 e. The summed E-state index contributed by atoms with van der Waals surface area (Å²) in [6.07, 6.45) is 0. The highest BCUT2D eigenvalue weighted by Crippen LogP contribution is 2.37. The highest BCUT2D eigenvalue weighted by molar-refractivity contribution is 9.10. The number of hydrogen-bond donors (Lipinski definition) is 1. The van der Waals surface area contributed by atoms with Crippen LogP contribution in [0.2, 0.25) is 5.02 Å². The molecule has 0 fully saturated rings. The lowest BCUT2D eigenvalue weighted by Gasteiger charge is -2.05. The number of halogens is 2. The molecule has 31 heavy (non-hydrogen) atoms. The number of carbonyl (C=O) groups is 2. The van der Waals surface area contributed by atoms with Crippen molar-refractivity contribution in [3.63, 3.8) is 0 Å². The zero-order valence-electron chi connectivity index (χ0n) is 16.1. The van der Waals surface area contributed by atoms with Crippen LogP contribution >= 0.6 is 38.9 Å². The Morgan fingerprint density at radius 2 is 1.90 bits per heavy atom. The summed E-state index contributed by atoms with van der Waals surface area (Å²) in [5.41, 5.74) is 0.552. The van der Waals surface area contributed by atoms with Crippen molar-refractivity contribution in [3.8, 4) is 5.75 Å². The van der Waals surface area contributed by atoms with Gasteiger partial charge >= 0.3 is 5.97 Å². The molecule has 0 atom stereocenters. The first-order valence-electron chi connectivity index (χ1n) is 9.03. The average Bonchev–Trinajstić information content (AvgIpc) is 3.37. The van der Waals surface area contributed by atoms with E-state index in [-0.39, 0.29) is 12.4 Å². The molecule has 0 aliphatic rings. The van der Waals surface area contributed by atoms with Gasteiger partial charge in [0.1, 0.15) is 23.0 Å². The summed E-state index contributed by atoms with van der Waals surface area (Å²) in [6, 6.07) is 15.9. The first-order chi connectivity index (χ1) is 14.9. The van der Waals surface area contributed by atoms with E-state index in [9.17, 15) is 9.59 Å². The third kappa shape index (κ3) is 4.76.